The van der Waals surface area contributed by atoms with Crippen LogP contribution < -0.4 is 0 Å². The first kappa shape index (κ1) is 6.83. The van der Waals surface area contributed by atoms with E-state index in [1.807, 2.05) is 4.68 Å². The van der Waals surface area contributed by atoms with Crippen LogP contribution in [0.4, 0.5) is 0 Å². The van der Waals surface area contributed by atoms with Gasteiger partial charge in [-0.15, -0.1) is 0 Å². The smallest absolute Gasteiger partial charge is 0.138 e. The van der Waals surface area contributed by atoms with Crippen LogP contribution in [0.5, 0.6) is 0 Å². The molecule has 1 aliphatic rings. The van der Waals surface area contributed by atoms with Crippen LogP contribution in [0, 0.1) is 5.92 Å². The largest absolute Gasteiger partial charge is 0.250 e. The summed E-state index contributed by atoms with van der Waals surface area (Å²) in [6, 6.07) is 0. The van der Waals surface area contributed by atoms with Crippen LogP contribution in [0.3, 0.4) is 0 Å². The zero-order valence-electron chi connectivity index (χ0n) is 6.82. The summed E-state index contributed by atoms with van der Waals surface area (Å²) in [5.41, 5.74) is 0. The highest BCUT2D eigenvalue weighted by atomic mass is 15.3. The van der Waals surface area contributed by atoms with E-state index in [1.165, 1.54) is 18.7 Å². The van der Waals surface area contributed by atoms with Gasteiger partial charge in [-0.1, -0.05) is 13.3 Å². The topological polar surface area (TPSA) is 30.7 Å². The van der Waals surface area contributed by atoms with E-state index < -0.39 is 0 Å². The van der Waals surface area contributed by atoms with Crippen molar-refractivity contribution in [1.82, 2.24) is 14.8 Å². The van der Waals surface area contributed by atoms with Gasteiger partial charge in [0.2, 0.25) is 0 Å². The normalized spacial score (nSPS) is 23.2. The lowest BCUT2D eigenvalue weighted by atomic mass is 9.96. The fourth-order valence-corrected chi connectivity index (χ4v) is 1.65. The standard InChI is InChI=1S/C8H13N3/c1-2-7-3-4-11-8(5-7)9-6-10-11/h6-7H,2-5H2,1H3. The molecule has 1 unspecified atom stereocenters. The molecule has 0 saturated carbocycles. The van der Waals surface area contributed by atoms with Crippen molar-refractivity contribution in [2.24, 2.45) is 5.92 Å². The molecule has 0 fully saturated rings. The Labute approximate surface area is 66.4 Å². The van der Waals surface area contributed by atoms with Crippen LogP contribution in [0.1, 0.15) is 25.6 Å². The molecule has 1 atom stereocenters. The van der Waals surface area contributed by atoms with Gasteiger partial charge in [0, 0.05) is 13.0 Å². The van der Waals surface area contributed by atoms with E-state index in [1.54, 1.807) is 6.33 Å². The molecule has 2 heterocycles. The van der Waals surface area contributed by atoms with Gasteiger partial charge in [-0.25, -0.2) is 4.98 Å². The summed E-state index contributed by atoms with van der Waals surface area (Å²) in [6.45, 7) is 3.31. The van der Waals surface area contributed by atoms with Gasteiger partial charge in [0.25, 0.3) is 0 Å². The summed E-state index contributed by atoms with van der Waals surface area (Å²) in [6.07, 6.45) is 5.32. The van der Waals surface area contributed by atoms with Crippen molar-refractivity contribution in [3.8, 4) is 0 Å². The fraction of sp³-hybridized carbons (Fsp3) is 0.750. The van der Waals surface area contributed by atoms with E-state index in [9.17, 15) is 0 Å². The minimum absolute atomic E-state index is 0.840. The minimum Gasteiger partial charge on any atom is -0.250 e. The van der Waals surface area contributed by atoms with Crippen LogP contribution in [0.2, 0.25) is 0 Å². The molecule has 0 bridgehead atoms. The Bertz CT molecular complexity index is 241. The lowest BCUT2D eigenvalue weighted by molar-refractivity contribution is 0.354. The zero-order valence-corrected chi connectivity index (χ0v) is 6.82. The van der Waals surface area contributed by atoms with Crippen LogP contribution in [0.15, 0.2) is 6.33 Å². The van der Waals surface area contributed by atoms with Crippen molar-refractivity contribution in [2.45, 2.75) is 32.7 Å². The Morgan fingerprint density at radius 2 is 2.64 bits per heavy atom. The molecule has 11 heavy (non-hydrogen) atoms. The molecule has 0 aliphatic carbocycles. The molecule has 0 spiro atoms. The lowest BCUT2D eigenvalue weighted by Gasteiger charge is -2.20. The van der Waals surface area contributed by atoms with Crippen molar-refractivity contribution in [3.05, 3.63) is 12.2 Å². The third kappa shape index (κ3) is 1.15. The molecule has 0 N–H and O–H groups in total. The monoisotopic (exact) mass is 151 g/mol. The molecule has 3 heteroatoms. The zero-order chi connectivity index (χ0) is 7.68. The first-order valence-corrected chi connectivity index (χ1v) is 4.27. The minimum atomic E-state index is 0.840. The molecule has 1 aromatic heterocycles. The molecule has 2 rings (SSSR count). The molecule has 0 saturated heterocycles. The van der Waals surface area contributed by atoms with E-state index in [-0.39, 0.29) is 0 Å². The number of aromatic nitrogens is 3. The number of hydrogen-bond acceptors (Lipinski definition) is 2. The van der Waals surface area contributed by atoms with Gasteiger partial charge < -0.3 is 0 Å². The average molecular weight is 151 g/mol. The molecule has 3 nitrogen and oxygen atoms in total. The maximum Gasteiger partial charge on any atom is 0.138 e. The first-order chi connectivity index (χ1) is 5.40. The van der Waals surface area contributed by atoms with E-state index in [4.69, 9.17) is 0 Å². The maximum absolute atomic E-state index is 4.21. The van der Waals surface area contributed by atoms with Gasteiger partial charge in [0.1, 0.15) is 12.2 Å². The van der Waals surface area contributed by atoms with Crippen LogP contribution in [-0.2, 0) is 13.0 Å². The Balaban J connectivity index is 2.18. The number of aryl methyl sites for hydroxylation is 1. The molecule has 60 valence electrons. The van der Waals surface area contributed by atoms with E-state index in [0.29, 0.717) is 0 Å². The Hall–Kier alpha value is -0.860. The molecular formula is C8H13N3. The van der Waals surface area contributed by atoms with Crippen molar-refractivity contribution < 1.29 is 0 Å². The molecule has 1 aromatic rings. The summed E-state index contributed by atoms with van der Waals surface area (Å²) in [4.78, 5) is 4.21. The van der Waals surface area contributed by atoms with Crippen LogP contribution in [0.25, 0.3) is 0 Å². The van der Waals surface area contributed by atoms with Crippen molar-refractivity contribution in [1.29, 1.82) is 0 Å². The van der Waals surface area contributed by atoms with Crippen molar-refractivity contribution in [2.75, 3.05) is 0 Å². The second kappa shape index (κ2) is 2.64. The first-order valence-electron chi connectivity index (χ1n) is 4.27. The quantitative estimate of drug-likeness (QED) is 0.604. The van der Waals surface area contributed by atoms with Crippen LogP contribution >= 0.6 is 0 Å². The third-order valence-corrected chi connectivity index (χ3v) is 2.49. The van der Waals surface area contributed by atoms with Crippen molar-refractivity contribution in [3.63, 3.8) is 0 Å². The molecule has 0 radical (unpaired) electrons. The molecular weight excluding hydrogens is 138 g/mol. The van der Waals surface area contributed by atoms with Gasteiger partial charge in [-0.3, -0.25) is 4.68 Å². The number of hydrogen-bond donors (Lipinski definition) is 0. The number of fused-ring (bicyclic) bond motifs is 1. The summed E-state index contributed by atoms with van der Waals surface area (Å²) in [5, 5.41) is 4.13. The highest BCUT2D eigenvalue weighted by Gasteiger charge is 2.17. The van der Waals surface area contributed by atoms with Gasteiger partial charge in [-0.05, 0) is 12.3 Å². The van der Waals surface area contributed by atoms with Gasteiger partial charge in [0.15, 0.2) is 0 Å². The number of rotatable bonds is 1. The Kier molecular flexibility index (Phi) is 1.64. The molecule has 0 amide bonds. The second-order valence-corrected chi connectivity index (χ2v) is 3.17. The fourth-order valence-electron chi connectivity index (χ4n) is 1.65. The molecule has 1 aliphatic heterocycles. The van der Waals surface area contributed by atoms with E-state index in [0.717, 1.165) is 18.9 Å². The summed E-state index contributed by atoms with van der Waals surface area (Å²) in [7, 11) is 0. The SMILES string of the molecule is CCC1CCn2ncnc2C1. The Morgan fingerprint density at radius 1 is 1.73 bits per heavy atom. The van der Waals surface area contributed by atoms with Gasteiger partial charge >= 0.3 is 0 Å². The second-order valence-electron chi connectivity index (χ2n) is 3.17. The highest BCUT2D eigenvalue weighted by molar-refractivity contribution is 4.90. The summed E-state index contributed by atoms with van der Waals surface area (Å²) >= 11 is 0. The van der Waals surface area contributed by atoms with E-state index in [2.05, 4.69) is 17.0 Å². The predicted octanol–water partition coefficient (Wildman–Crippen LogP) is 1.25. The Morgan fingerprint density at radius 3 is 3.45 bits per heavy atom. The van der Waals surface area contributed by atoms with E-state index >= 15 is 0 Å². The molecule has 0 aromatic carbocycles. The highest BCUT2D eigenvalue weighted by Crippen LogP contribution is 2.19. The maximum atomic E-state index is 4.21. The number of nitrogens with zero attached hydrogens (tertiary/aromatic N) is 3. The van der Waals surface area contributed by atoms with Gasteiger partial charge in [-0.2, -0.15) is 5.10 Å². The average Bonchev–Trinajstić information content (AvgIpc) is 2.50. The van der Waals surface area contributed by atoms with Gasteiger partial charge in [0.05, 0.1) is 0 Å². The summed E-state index contributed by atoms with van der Waals surface area (Å²) in [5.74, 6) is 2.01. The summed E-state index contributed by atoms with van der Waals surface area (Å²) < 4.78 is 2.02. The third-order valence-electron chi connectivity index (χ3n) is 2.49. The lowest BCUT2D eigenvalue weighted by Crippen LogP contribution is -2.19. The van der Waals surface area contributed by atoms with Crippen LogP contribution in [-0.4, -0.2) is 14.8 Å². The predicted molar refractivity (Wildman–Crippen MR) is 42.1 cm³/mol. The van der Waals surface area contributed by atoms with Crippen molar-refractivity contribution >= 4 is 0 Å².